The van der Waals surface area contributed by atoms with Crippen LogP contribution < -0.4 is 21.3 Å². The summed E-state index contributed by atoms with van der Waals surface area (Å²) < 4.78 is 3.66. The van der Waals surface area contributed by atoms with Gasteiger partial charge in [-0.1, -0.05) is 19.1 Å². The van der Waals surface area contributed by atoms with Gasteiger partial charge >= 0.3 is 5.69 Å². The van der Waals surface area contributed by atoms with Crippen LogP contribution >= 0.6 is 0 Å². The summed E-state index contributed by atoms with van der Waals surface area (Å²) in [5, 5.41) is 11.0. The number of fused-ring (bicyclic) bond motifs is 3. The first-order valence-corrected chi connectivity index (χ1v) is 9.18. The summed E-state index contributed by atoms with van der Waals surface area (Å²) in [7, 11) is 1.48. The molecule has 28 heavy (non-hydrogen) atoms. The number of benzene rings is 1. The number of aryl methyl sites for hydroxylation is 3. The highest BCUT2D eigenvalue weighted by Gasteiger charge is 2.26. The van der Waals surface area contributed by atoms with Crippen molar-refractivity contribution in [1.29, 1.82) is 0 Å². The maximum absolute atomic E-state index is 12.9. The molecule has 0 spiro atoms. The molecular formula is C19H20N5O4-. The van der Waals surface area contributed by atoms with Crippen LogP contribution in [0, 0.1) is 0 Å². The van der Waals surface area contributed by atoms with E-state index in [9.17, 15) is 19.5 Å². The molecule has 0 saturated heterocycles. The summed E-state index contributed by atoms with van der Waals surface area (Å²) in [5.41, 5.74) is 1.26. The van der Waals surface area contributed by atoms with Crippen LogP contribution in [0.2, 0.25) is 0 Å². The monoisotopic (exact) mass is 382 g/mol. The molecule has 0 fully saturated rings. The summed E-state index contributed by atoms with van der Waals surface area (Å²) in [5.74, 6) is -0.918. The Morgan fingerprint density at radius 2 is 1.89 bits per heavy atom. The number of carboxylic acid groups (broad SMARTS) is 1. The molecule has 4 rings (SSSR count). The van der Waals surface area contributed by atoms with E-state index in [4.69, 9.17) is 0 Å². The second kappa shape index (κ2) is 6.66. The molecule has 1 aliphatic heterocycles. The first-order chi connectivity index (χ1) is 13.4. The maximum Gasteiger partial charge on any atom is 0.332 e. The van der Waals surface area contributed by atoms with Crippen LogP contribution in [0.15, 0.2) is 33.9 Å². The Hall–Kier alpha value is -3.36. The molecule has 0 saturated carbocycles. The summed E-state index contributed by atoms with van der Waals surface area (Å²) in [4.78, 5) is 42.9. The number of aliphatic carboxylic acids is 1. The molecule has 3 aromatic rings. The Morgan fingerprint density at radius 3 is 2.54 bits per heavy atom. The van der Waals surface area contributed by atoms with Gasteiger partial charge in [0.05, 0.1) is 12.5 Å². The van der Waals surface area contributed by atoms with Crippen molar-refractivity contribution in [3.63, 3.8) is 0 Å². The molecule has 0 radical (unpaired) electrons. The van der Waals surface area contributed by atoms with E-state index in [-0.39, 0.29) is 11.2 Å². The van der Waals surface area contributed by atoms with Crippen LogP contribution in [0.4, 0.5) is 11.6 Å². The molecule has 0 aliphatic carbocycles. The molecule has 3 heterocycles. The smallest absolute Gasteiger partial charge is 0.332 e. The van der Waals surface area contributed by atoms with Gasteiger partial charge in [-0.25, -0.2) is 4.79 Å². The van der Waals surface area contributed by atoms with Gasteiger partial charge in [-0.15, -0.1) is 0 Å². The van der Waals surface area contributed by atoms with E-state index in [0.717, 1.165) is 25.1 Å². The average Bonchev–Trinajstić information content (AvgIpc) is 3.09. The zero-order chi connectivity index (χ0) is 20.0. The van der Waals surface area contributed by atoms with Crippen molar-refractivity contribution < 1.29 is 9.90 Å². The van der Waals surface area contributed by atoms with Crippen molar-refractivity contribution in [3.8, 4) is 0 Å². The second-order valence-electron chi connectivity index (χ2n) is 6.87. The second-order valence-corrected chi connectivity index (χ2v) is 6.87. The third-order valence-corrected chi connectivity index (χ3v) is 5.16. The molecule has 2 aromatic heterocycles. The number of hydrogen-bond acceptors (Lipinski definition) is 6. The van der Waals surface area contributed by atoms with Crippen molar-refractivity contribution in [2.75, 3.05) is 11.4 Å². The highest BCUT2D eigenvalue weighted by molar-refractivity contribution is 5.77. The molecule has 0 bridgehead atoms. The fourth-order valence-electron chi connectivity index (χ4n) is 3.69. The van der Waals surface area contributed by atoms with Crippen molar-refractivity contribution >= 4 is 28.8 Å². The predicted octanol–water partition coefficient (Wildman–Crippen LogP) is -0.249. The van der Waals surface area contributed by atoms with Crippen molar-refractivity contribution in [2.45, 2.75) is 32.9 Å². The Bertz CT molecular complexity index is 1190. The Kier molecular flexibility index (Phi) is 4.29. The van der Waals surface area contributed by atoms with Crippen LogP contribution in [0.3, 0.4) is 0 Å². The van der Waals surface area contributed by atoms with Gasteiger partial charge in [-0.3, -0.25) is 13.9 Å². The first kappa shape index (κ1) is 18.0. The molecule has 9 nitrogen and oxygen atoms in total. The van der Waals surface area contributed by atoms with Crippen LogP contribution in [0.1, 0.15) is 18.9 Å². The van der Waals surface area contributed by atoms with Gasteiger partial charge in [0.15, 0.2) is 11.2 Å². The molecule has 0 amide bonds. The standard InChI is InChI=1S/C19H21N5O4/c1-3-12-5-7-13(8-6-12)22-9-4-10-23-15-16(20-18(22)23)21(2)19(28)24(17(15)27)11-14(25)26/h5-8H,3-4,9-11H2,1-2H3,(H,25,26)/p-1. The van der Waals surface area contributed by atoms with Gasteiger partial charge < -0.3 is 19.4 Å². The van der Waals surface area contributed by atoms with Crippen molar-refractivity contribution in [2.24, 2.45) is 7.05 Å². The van der Waals surface area contributed by atoms with E-state index in [0.29, 0.717) is 17.1 Å². The number of aromatic nitrogens is 4. The van der Waals surface area contributed by atoms with Crippen molar-refractivity contribution in [1.82, 2.24) is 18.7 Å². The van der Waals surface area contributed by atoms with Crippen LogP contribution in [-0.2, 0) is 31.4 Å². The molecular weight excluding hydrogens is 362 g/mol. The number of carboxylic acids is 1. The molecule has 146 valence electrons. The van der Waals surface area contributed by atoms with E-state index < -0.39 is 23.8 Å². The molecule has 0 N–H and O–H groups in total. The lowest BCUT2D eigenvalue weighted by atomic mass is 10.1. The fourth-order valence-corrected chi connectivity index (χ4v) is 3.69. The third-order valence-electron chi connectivity index (χ3n) is 5.16. The van der Waals surface area contributed by atoms with Gasteiger partial charge in [0, 0.05) is 25.8 Å². The number of nitrogens with zero attached hydrogens (tertiary/aromatic N) is 5. The summed E-state index contributed by atoms with van der Waals surface area (Å²) in [6.07, 6.45) is 1.73. The number of rotatable bonds is 4. The normalized spacial score (nSPS) is 13.7. The number of carbonyl (C=O) groups is 1. The van der Waals surface area contributed by atoms with Crippen molar-refractivity contribution in [3.05, 3.63) is 50.7 Å². The van der Waals surface area contributed by atoms with Gasteiger partial charge in [0.2, 0.25) is 5.95 Å². The largest absolute Gasteiger partial charge is 0.548 e. The van der Waals surface area contributed by atoms with Gasteiger partial charge in [-0.05, 0) is 30.5 Å². The molecule has 1 aromatic carbocycles. The minimum atomic E-state index is -1.49. The summed E-state index contributed by atoms with van der Waals surface area (Å²) in [6, 6.07) is 8.14. The molecule has 0 unspecified atom stereocenters. The summed E-state index contributed by atoms with van der Waals surface area (Å²) in [6.45, 7) is 2.60. The Balaban J connectivity index is 1.94. The molecule has 1 aliphatic rings. The molecule has 9 heteroatoms. The minimum absolute atomic E-state index is 0.230. The maximum atomic E-state index is 12.9. The van der Waals surface area contributed by atoms with Crippen LogP contribution in [0.5, 0.6) is 0 Å². The molecule has 0 atom stereocenters. The van der Waals surface area contributed by atoms with Gasteiger partial charge in [0.25, 0.3) is 5.56 Å². The topological polar surface area (TPSA) is 105 Å². The number of carbonyl (C=O) groups excluding carboxylic acids is 1. The average molecular weight is 382 g/mol. The SMILES string of the molecule is CCc1ccc(N2CCCn3c2nc2c3c(=O)n(CC(=O)[O-])c(=O)n2C)cc1. The van der Waals surface area contributed by atoms with E-state index in [1.54, 1.807) is 4.57 Å². The number of anilines is 2. The lowest BCUT2D eigenvalue weighted by Gasteiger charge is -2.29. The predicted molar refractivity (Wildman–Crippen MR) is 102 cm³/mol. The number of imidazole rings is 1. The van der Waals surface area contributed by atoms with Crippen LogP contribution in [0.25, 0.3) is 11.2 Å². The third kappa shape index (κ3) is 2.70. The number of hydrogen-bond donors (Lipinski definition) is 0. The van der Waals surface area contributed by atoms with E-state index in [2.05, 4.69) is 24.0 Å². The van der Waals surface area contributed by atoms with Crippen LogP contribution in [-0.4, -0.2) is 31.2 Å². The lowest BCUT2D eigenvalue weighted by molar-refractivity contribution is -0.306. The lowest BCUT2D eigenvalue weighted by Crippen LogP contribution is -2.44. The quantitative estimate of drug-likeness (QED) is 0.616. The zero-order valence-electron chi connectivity index (χ0n) is 15.7. The summed E-state index contributed by atoms with van der Waals surface area (Å²) >= 11 is 0. The van der Waals surface area contributed by atoms with Gasteiger partial charge in [0.1, 0.15) is 0 Å². The Labute approximate surface area is 160 Å². The highest BCUT2D eigenvalue weighted by Crippen LogP contribution is 2.31. The highest BCUT2D eigenvalue weighted by atomic mass is 16.4. The van der Waals surface area contributed by atoms with E-state index in [1.807, 2.05) is 17.0 Å². The van der Waals surface area contributed by atoms with Gasteiger partial charge in [-0.2, -0.15) is 4.98 Å². The Morgan fingerprint density at radius 1 is 1.18 bits per heavy atom. The zero-order valence-corrected chi connectivity index (χ0v) is 15.7. The first-order valence-electron chi connectivity index (χ1n) is 9.18. The fraction of sp³-hybridized carbons (Fsp3) is 0.368. The van der Waals surface area contributed by atoms with E-state index in [1.165, 1.54) is 17.2 Å². The van der Waals surface area contributed by atoms with E-state index >= 15 is 0 Å². The minimum Gasteiger partial charge on any atom is -0.548 e.